The molecule has 3 N–H and O–H groups in total. The number of hydrogen-bond acceptors (Lipinski definition) is 6. The number of carbonyl (C=O) groups is 2. The van der Waals surface area contributed by atoms with Crippen LogP contribution in [0.5, 0.6) is 5.75 Å². The van der Waals surface area contributed by atoms with Crippen molar-refractivity contribution in [3.8, 4) is 16.9 Å². The van der Waals surface area contributed by atoms with Crippen LogP contribution in [-0.4, -0.2) is 34.1 Å². The Morgan fingerprint density at radius 3 is 2.39 bits per heavy atom. The molecule has 0 saturated heterocycles. The number of hydrogen-bond donors (Lipinski definition) is 3. The van der Waals surface area contributed by atoms with Gasteiger partial charge in [0.25, 0.3) is 5.91 Å². The first kappa shape index (κ1) is 23.2. The largest absolute Gasteiger partial charge is 0.505 e. The van der Waals surface area contributed by atoms with Crippen molar-refractivity contribution in [3.63, 3.8) is 0 Å². The Balaban J connectivity index is 1.49. The van der Waals surface area contributed by atoms with E-state index in [0.717, 1.165) is 16.3 Å². The summed E-state index contributed by atoms with van der Waals surface area (Å²) in [6.45, 7) is 0. The van der Waals surface area contributed by atoms with Crippen LogP contribution in [0.2, 0.25) is 0 Å². The molecule has 178 valence electrons. The maximum Gasteiger partial charge on any atom is 0.335 e. The number of nitrogens with zero attached hydrogens (tertiary/aromatic N) is 2. The first-order valence-electron chi connectivity index (χ1n) is 11.0. The molecule has 0 radical (unpaired) electrons. The number of phenols is 1. The van der Waals surface area contributed by atoms with Gasteiger partial charge in [0.15, 0.2) is 5.71 Å². The fourth-order valence-corrected chi connectivity index (χ4v) is 4.51. The summed E-state index contributed by atoms with van der Waals surface area (Å²) in [7, 11) is 0. The molecule has 0 aliphatic carbocycles. The number of carboxylic acids is 1. The summed E-state index contributed by atoms with van der Waals surface area (Å²) in [5.74, 6) is -1.44. The molecule has 0 unspecified atom stereocenters. The number of phenolic OH excluding ortho intramolecular Hbond substituents is 1. The Morgan fingerprint density at radius 1 is 0.917 bits per heavy atom. The number of hydrazone groups is 1. The van der Waals surface area contributed by atoms with Gasteiger partial charge in [-0.2, -0.15) is 5.10 Å². The predicted octanol–water partition coefficient (Wildman–Crippen LogP) is 5.97. The lowest BCUT2D eigenvalue weighted by Gasteiger charge is -2.17. The SMILES string of the molecule is CSc1ccc(N2C(=O)/C(=N\Nc3cccc(-c4cccc(C(=O)O)c4)c3O)c3ccccc32)cc1. The molecule has 0 atom stereocenters. The van der Waals surface area contributed by atoms with Gasteiger partial charge in [-0.25, -0.2) is 4.79 Å². The van der Waals surface area contributed by atoms with E-state index in [2.05, 4.69) is 10.5 Å². The summed E-state index contributed by atoms with van der Waals surface area (Å²) in [6.07, 6.45) is 2.00. The van der Waals surface area contributed by atoms with Crippen LogP contribution in [0, 0.1) is 0 Å². The number of aromatic carboxylic acids is 1. The second-order valence-corrected chi connectivity index (χ2v) is 8.90. The molecule has 8 heteroatoms. The Kier molecular flexibility index (Phi) is 6.18. The summed E-state index contributed by atoms with van der Waals surface area (Å²) < 4.78 is 0. The Hall–Kier alpha value is -4.56. The first-order valence-corrected chi connectivity index (χ1v) is 12.3. The van der Waals surface area contributed by atoms with E-state index in [4.69, 9.17) is 0 Å². The Labute approximate surface area is 211 Å². The van der Waals surface area contributed by atoms with E-state index in [1.54, 1.807) is 47.0 Å². The maximum atomic E-state index is 13.4. The molecular weight excluding hydrogens is 474 g/mol. The second-order valence-electron chi connectivity index (χ2n) is 8.02. The number of anilines is 3. The van der Waals surface area contributed by atoms with Crippen LogP contribution in [0.4, 0.5) is 17.1 Å². The van der Waals surface area contributed by atoms with Crippen LogP contribution in [0.1, 0.15) is 15.9 Å². The fraction of sp³-hybridized carbons (Fsp3) is 0.0357. The number of thioether (sulfide) groups is 1. The number of rotatable bonds is 6. The highest BCUT2D eigenvalue weighted by Crippen LogP contribution is 2.38. The van der Waals surface area contributed by atoms with Crippen molar-refractivity contribution < 1.29 is 19.8 Å². The summed E-state index contributed by atoms with van der Waals surface area (Å²) in [5.41, 5.74) is 6.58. The average Bonchev–Trinajstić information content (AvgIpc) is 3.19. The lowest BCUT2D eigenvalue weighted by molar-refractivity contribution is -0.111. The number of benzene rings is 4. The van der Waals surface area contributed by atoms with E-state index in [9.17, 15) is 19.8 Å². The van der Waals surface area contributed by atoms with E-state index in [1.807, 2.05) is 54.8 Å². The molecule has 1 heterocycles. The minimum Gasteiger partial charge on any atom is -0.505 e. The van der Waals surface area contributed by atoms with Crippen LogP contribution in [0.15, 0.2) is 101 Å². The second kappa shape index (κ2) is 9.59. The zero-order valence-corrected chi connectivity index (χ0v) is 20.0. The number of carboxylic acid groups (broad SMARTS) is 1. The van der Waals surface area contributed by atoms with Crippen molar-refractivity contribution in [3.05, 3.63) is 102 Å². The quantitative estimate of drug-likeness (QED) is 0.173. The molecule has 5 rings (SSSR count). The Bertz CT molecular complexity index is 1520. The minimum atomic E-state index is -1.05. The van der Waals surface area contributed by atoms with Gasteiger partial charge in [0.2, 0.25) is 0 Å². The molecule has 36 heavy (non-hydrogen) atoms. The monoisotopic (exact) mass is 495 g/mol. The number of para-hydroxylation sites is 2. The highest BCUT2D eigenvalue weighted by atomic mass is 32.2. The number of amides is 1. The Morgan fingerprint density at radius 2 is 1.64 bits per heavy atom. The number of carbonyl (C=O) groups excluding carboxylic acids is 1. The zero-order chi connectivity index (χ0) is 25.2. The van der Waals surface area contributed by atoms with Crippen LogP contribution in [0.25, 0.3) is 11.1 Å². The molecular formula is C28H21N3O4S. The smallest absolute Gasteiger partial charge is 0.335 e. The molecule has 7 nitrogen and oxygen atoms in total. The van der Waals surface area contributed by atoms with E-state index in [-0.39, 0.29) is 28.6 Å². The molecule has 0 saturated carbocycles. The fourth-order valence-electron chi connectivity index (χ4n) is 4.10. The zero-order valence-electron chi connectivity index (χ0n) is 19.2. The molecule has 0 aromatic heterocycles. The molecule has 1 amide bonds. The van der Waals surface area contributed by atoms with E-state index < -0.39 is 5.97 Å². The van der Waals surface area contributed by atoms with E-state index >= 15 is 0 Å². The van der Waals surface area contributed by atoms with Gasteiger partial charge < -0.3 is 10.2 Å². The average molecular weight is 496 g/mol. The third-order valence-corrected chi connectivity index (χ3v) is 6.62. The van der Waals surface area contributed by atoms with Crippen molar-refractivity contribution in [2.45, 2.75) is 4.90 Å². The van der Waals surface area contributed by atoms with Crippen molar-refractivity contribution in [1.29, 1.82) is 0 Å². The van der Waals surface area contributed by atoms with Crippen LogP contribution in [-0.2, 0) is 4.79 Å². The number of nitrogens with one attached hydrogen (secondary N) is 1. The van der Waals surface area contributed by atoms with Gasteiger partial charge in [0, 0.05) is 21.7 Å². The maximum absolute atomic E-state index is 13.4. The molecule has 0 bridgehead atoms. The number of aromatic hydroxyl groups is 1. The van der Waals surface area contributed by atoms with Gasteiger partial charge in [-0.15, -0.1) is 11.8 Å². The van der Waals surface area contributed by atoms with Crippen LogP contribution in [0.3, 0.4) is 0 Å². The predicted molar refractivity (Wildman–Crippen MR) is 142 cm³/mol. The summed E-state index contributed by atoms with van der Waals surface area (Å²) in [4.78, 5) is 27.5. The lowest BCUT2D eigenvalue weighted by Crippen LogP contribution is -2.26. The molecule has 1 aliphatic heterocycles. The van der Waals surface area contributed by atoms with E-state index in [1.165, 1.54) is 12.1 Å². The van der Waals surface area contributed by atoms with Gasteiger partial charge in [0.1, 0.15) is 5.75 Å². The third-order valence-electron chi connectivity index (χ3n) is 5.88. The standard InChI is InChI=1S/C28H21N3O4S/c1-36-20-14-12-19(13-15-20)31-24-11-3-2-8-22(24)25(27(31)33)30-29-23-10-5-9-21(26(23)32)17-6-4-7-18(16-17)28(34)35/h2-16,29,32H,1H3,(H,34,35)/b30-25-. The topological polar surface area (TPSA) is 102 Å². The van der Waals surface area contributed by atoms with Crippen molar-refractivity contribution in [1.82, 2.24) is 0 Å². The van der Waals surface area contributed by atoms with Gasteiger partial charge in [-0.1, -0.05) is 42.5 Å². The normalized spacial score (nSPS) is 13.6. The van der Waals surface area contributed by atoms with Crippen LogP contribution >= 0.6 is 11.8 Å². The highest BCUT2D eigenvalue weighted by molar-refractivity contribution is 7.98. The van der Waals surface area contributed by atoms with Crippen molar-refractivity contribution in [2.75, 3.05) is 16.6 Å². The molecule has 4 aromatic rings. The van der Waals surface area contributed by atoms with Gasteiger partial charge in [-0.3, -0.25) is 15.1 Å². The van der Waals surface area contributed by atoms with E-state index in [0.29, 0.717) is 16.7 Å². The first-order chi connectivity index (χ1) is 17.5. The molecule has 4 aromatic carbocycles. The summed E-state index contributed by atoms with van der Waals surface area (Å²) >= 11 is 1.63. The number of fused-ring (bicyclic) bond motifs is 1. The van der Waals surface area contributed by atoms with Crippen LogP contribution < -0.4 is 10.3 Å². The minimum absolute atomic E-state index is 0.104. The van der Waals surface area contributed by atoms with Gasteiger partial charge in [-0.05, 0) is 60.4 Å². The highest BCUT2D eigenvalue weighted by Gasteiger charge is 2.35. The summed E-state index contributed by atoms with van der Waals surface area (Å²) in [6, 6.07) is 26.5. The van der Waals surface area contributed by atoms with Gasteiger partial charge >= 0.3 is 5.97 Å². The molecule has 1 aliphatic rings. The van der Waals surface area contributed by atoms with Crippen molar-refractivity contribution >= 4 is 46.4 Å². The van der Waals surface area contributed by atoms with Crippen molar-refractivity contribution in [2.24, 2.45) is 5.10 Å². The summed E-state index contributed by atoms with van der Waals surface area (Å²) in [5, 5.41) is 24.6. The molecule has 0 fully saturated rings. The molecule has 0 spiro atoms. The van der Waals surface area contributed by atoms with Gasteiger partial charge in [0.05, 0.1) is 16.9 Å². The third kappa shape index (κ3) is 4.18. The lowest BCUT2D eigenvalue weighted by atomic mass is 10.0.